The van der Waals surface area contributed by atoms with Crippen molar-refractivity contribution < 1.29 is 12.8 Å². The number of rotatable bonds is 6. The summed E-state index contributed by atoms with van der Waals surface area (Å²) in [7, 11) is -3.78. The summed E-state index contributed by atoms with van der Waals surface area (Å²) in [5, 5.41) is 3.33. The standard InChI is InChI=1S/C14H20ClFN2O2S/c1-2-8-18(10-12-4-3-7-17-12)21(19,20)14-9-11(16)5-6-13(14)15/h5-6,9,12,17H,2-4,7-8,10H2,1H3. The topological polar surface area (TPSA) is 49.4 Å². The summed E-state index contributed by atoms with van der Waals surface area (Å²) >= 11 is 5.95. The van der Waals surface area contributed by atoms with Crippen molar-refractivity contribution in [2.45, 2.75) is 37.1 Å². The number of sulfonamides is 1. The number of halogens is 2. The van der Waals surface area contributed by atoms with Crippen LogP contribution in [0, 0.1) is 5.82 Å². The van der Waals surface area contributed by atoms with Crippen molar-refractivity contribution in [1.29, 1.82) is 0 Å². The van der Waals surface area contributed by atoms with Gasteiger partial charge in [-0.1, -0.05) is 18.5 Å². The van der Waals surface area contributed by atoms with Crippen LogP contribution in [0.5, 0.6) is 0 Å². The number of nitrogens with zero attached hydrogens (tertiary/aromatic N) is 1. The molecule has 1 aromatic carbocycles. The van der Waals surface area contributed by atoms with Crippen molar-refractivity contribution in [2.24, 2.45) is 0 Å². The van der Waals surface area contributed by atoms with Gasteiger partial charge in [0.2, 0.25) is 10.0 Å². The molecule has 1 unspecified atom stereocenters. The average Bonchev–Trinajstić information content (AvgIpc) is 2.94. The summed E-state index contributed by atoms with van der Waals surface area (Å²) in [6.07, 6.45) is 2.69. The predicted molar refractivity (Wildman–Crippen MR) is 81.5 cm³/mol. The minimum Gasteiger partial charge on any atom is -0.313 e. The third-order valence-electron chi connectivity index (χ3n) is 3.57. The summed E-state index contributed by atoms with van der Waals surface area (Å²) in [6.45, 7) is 3.61. The molecule has 0 spiro atoms. The van der Waals surface area contributed by atoms with Crippen molar-refractivity contribution in [1.82, 2.24) is 9.62 Å². The maximum Gasteiger partial charge on any atom is 0.244 e. The van der Waals surface area contributed by atoms with Crippen LogP contribution in [-0.2, 0) is 10.0 Å². The van der Waals surface area contributed by atoms with Gasteiger partial charge in [-0.2, -0.15) is 4.31 Å². The van der Waals surface area contributed by atoms with Gasteiger partial charge in [-0.3, -0.25) is 0 Å². The summed E-state index contributed by atoms with van der Waals surface area (Å²) < 4.78 is 40.2. The van der Waals surface area contributed by atoms with E-state index in [4.69, 9.17) is 11.6 Å². The maximum atomic E-state index is 13.4. The third-order valence-corrected chi connectivity index (χ3v) is 5.92. The lowest BCUT2D eigenvalue weighted by Gasteiger charge is -2.25. The van der Waals surface area contributed by atoms with Gasteiger partial charge in [0, 0.05) is 19.1 Å². The van der Waals surface area contributed by atoms with Crippen molar-refractivity contribution in [3.8, 4) is 0 Å². The smallest absolute Gasteiger partial charge is 0.244 e. The number of nitrogens with one attached hydrogen (secondary N) is 1. The maximum absolute atomic E-state index is 13.4. The van der Waals surface area contributed by atoms with E-state index >= 15 is 0 Å². The zero-order valence-corrected chi connectivity index (χ0v) is 13.6. The third kappa shape index (κ3) is 3.94. The largest absolute Gasteiger partial charge is 0.313 e. The molecule has 1 fully saturated rings. The molecular weight excluding hydrogens is 315 g/mol. The van der Waals surface area contributed by atoms with Crippen molar-refractivity contribution in [2.75, 3.05) is 19.6 Å². The van der Waals surface area contributed by atoms with Gasteiger partial charge in [-0.15, -0.1) is 0 Å². The van der Waals surface area contributed by atoms with Crippen LogP contribution in [0.4, 0.5) is 4.39 Å². The van der Waals surface area contributed by atoms with Gasteiger partial charge in [-0.05, 0) is 44.0 Å². The van der Waals surface area contributed by atoms with Crippen LogP contribution in [0.25, 0.3) is 0 Å². The SMILES string of the molecule is CCCN(CC1CCCN1)S(=O)(=O)c1cc(F)ccc1Cl. The Balaban J connectivity index is 2.29. The molecule has 1 aliphatic rings. The Hall–Kier alpha value is -0.690. The second-order valence-corrected chi connectivity index (χ2v) is 7.54. The van der Waals surface area contributed by atoms with Crippen LogP contribution in [0.1, 0.15) is 26.2 Å². The molecule has 0 aromatic heterocycles. The fraction of sp³-hybridized carbons (Fsp3) is 0.571. The van der Waals surface area contributed by atoms with E-state index < -0.39 is 15.8 Å². The molecule has 118 valence electrons. The molecule has 1 atom stereocenters. The molecule has 4 nitrogen and oxygen atoms in total. The number of hydrogen-bond donors (Lipinski definition) is 1. The van der Waals surface area contributed by atoms with Gasteiger partial charge in [0.1, 0.15) is 10.7 Å². The predicted octanol–water partition coefficient (Wildman–Crippen LogP) is 2.63. The lowest BCUT2D eigenvalue weighted by molar-refractivity contribution is 0.369. The minimum absolute atomic E-state index is 0.0527. The fourth-order valence-electron chi connectivity index (χ4n) is 2.53. The highest BCUT2D eigenvalue weighted by Crippen LogP contribution is 2.26. The zero-order chi connectivity index (χ0) is 15.5. The second-order valence-electron chi connectivity index (χ2n) is 5.23. The highest BCUT2D eigenvalue weighted by atomic mass is 35.5. The first-order valence-corrected chi connectivity index (χ1v) is 8.95. The molecular formula is C14H20ClFN2O2S. The molecule has 7 heteroatoms. The molecule has 0 aliphatic carbocycles. The first-order chi connectivity index (χ1) is 9.95. The molecule has 1 aliphatic heterocycles. The van der Waals surface area contributed by atoms with E-state index in [0.717, 1.165) is 31.5 Å². The van der Waals surface area contributed by atoms with Crippen LogP contribution in [0.2, 0.25) is 5.02 Å². The summed E-state index contributed by atoms with van der Waals surface area (Å²) in [5.41, 5.74) is 0. The Bertz CT molecular complexity index is 589. The Morgan fingerprint density at radius 1 is 1.48 bits per heavy atom. The van der Waals surface area contributed by atoms with Crippen LogP contribution in [0.3, 0.4) is 0 Å². The van der Waals surface area contributed by atoms with Gasteiger partial charge in [-0.25, -0.2) is 12.8 Å². The first-order valence-electron chi connectivity index (χ1n) is 7.13. The Kier molecular flexibility index (Phi) is 5.60. The molecule has 0 bridgehead atoms. The van der Waals surface area contributed by atoms with Gasteiger partial charge >= 0.3 is 0 Å². The van der Waals surface area contributed by atoms with Crippen LogP contribution < -0.4 is 5.32 Å². The van der Waals surface area contributed by atoms with E-state index in [2.05, 4.69) is 5.32 Å². The minimum atomic E-state index is -3.78. The van der Waals surface area contributed by atoms with Crippen molar-refractivity contribution in [3.05, 3.63) is 29.0 Å². The van der Waals surface area contributed by atoms with Crippen LogP contribution in [0.15, 0.2) is 23.1 Å². The normalized spacial score (nSPS) is 19.3. The molecule has 0 saturated carbocycles. The molecule has 0 radical (unpaired) electrons. The van der Waals surface area contributed by atoms with E-state index in [9.17, 15) is 12.8 Å². The highest BCUT2D eigenvalue weighted by Gasteiger charge is 2.29. The molecule has 0 amide bonds. The quantitative estimate of drug-likeness (QED) is 0.870. The Morgan fingerprint density at radius 3 is 2.86 bits per heavy atom. The molecule has 21 heavy (non-hydrogen) atoms. The van der Waals surface area contributed by atoms with E-state index in [0.29, 0.717) is 19.5 Å². The van der Waals surface area contributed by atoms with Gasteiger partial charge < -0.3 is 5.32 Å². The van der Waals surface area contributed by atoms with Gasteiger partial charge in [0.05, 0.1) is 5.02 Å². The zero-order valence-electron chi connectivity index (χ0n) is 12.0. The monoisotopic (exact) mass is 334 g/mol. The summed E-state index contributed by atoms with van der Waals surface area (Å²) in [5.74, 6) is -0.603. The lowest BCUT2D eigenvalue weighted by atomic mass is 10.2. The van der Waals surface area contributed by atoms with Crippen molar-refractivity contribution in [3.63, 3.8) is 0 Å². The van der Waals surface area contributed by atoms with Crippen molar-refractivity contribution >= 4 is 21.6 Å². The number of benzene rings is 1. The second kappa shape index (κ2) is 7.05. The molecule has 1 N–H and O–H groups in total. The van der Waals surface area contributed by atoms with E-state index in [-0.39, 0.29) is 16.0 Å². The number of hydrogen-bond acceptors (Lipinski definition) is 3. The molecule has 1 saturated heterocycles. The lowest BCUT2D eigenvalue weighted by Crippen LogP contribution is -2.41. The molecule has 1 aromatic rings. The van der Waals surface area contributed by atoms with E-state index in [1.54, 1.807) is 0 Å². The summed E-state index contributed by atoms with van der Waals surface area (Å²) in [4.78, 5) is -0.157. The van der Waals surface area contributed by atoms with Crippen LogP contribution >= 0.6 is 11.6 Å². The Morgan fingerprint density at radius 2 is 2.24 bits per heavy atom. The first kappa shape index (κ1) is 16.7. The fourth-order valence-corrected chi connectivity index (χ4v) is 4.59. The van der Waals surface area contributed by atoms with Gasteiger partial charge in [0.15, 0.2) is 0 Å². The summed E-state index contributed by atoms with van der Waals surface area (Å²) in [6, 6.07) is 3.58. The highest BCUT2D eigenvalue weighted by molar-refractivity contribution is 7.89. The average molecular weight is 335 g/mol. The van der Waals surface area contributed by atoms with Gasteiger partial charge in [0.25, 0.3) is 0 Å². The van der Waals surface area contributed by atoms with Crippen LogP contribution in [-0.4, -0.2) is 38.4 Å². The Labute approximate surface area is 130 Å². The molecule has 1 heterocycles. The molecule has 2 rings (SSSR count). The van der Waals surface area contributed by atoms with E-state index in [1.807, 2.05) is 6.92 Å². The van der Waals surface area contributed by atoms with E-state index in [1.165, 1.54) is 10.4 Å².